The number of nitrogens with one attached hydrogen (secondary N) is 1. The molecule has 2 amide bonds. The molecule has 4 heterocycles. The van der Waals surface area contributed by atoms with Crippen molar-refractivity contribution in [1.82, 2.24) is 24.5 Å². The maximum Gasteiger partial charge on any atom is 0.433 e. The van der Waals surface area contributed by atoms with Crippen molar-refractivity contribution < 1.29 is 31.5 Å². The van der Waals surface area contributed by atoms with Gasteiger partial charge in [0.15, 0.2) is 0 Å². The van der Waals surface area contributed by atoms with E-state index in [0.717, 1.165) is 10.7 Å². The van der Waals surface area contributed by atoms with Crippen molar-refractivity contribution in [3.63, 3.8) is 0 Å². The number of thiophene rings is 1. The van der Waals surface area contributed by atoms with E-state index in [1.165, 1.54) is 11.6 Å². The molecule has 0 aliphatic rings. The summed E-state index contributed by atoms with van der Waals surface area (Å²) in [4.78, 5) is 28.5. The van der Waals surface area contributed by atoms with Crippen molar-refractivity contribution in [3.8, 4) is 11.1 Å². The highest BCUT2D eigenvalue weighted by Gasteiger charge is 2.35. The molecule has 0 fully saturated rings. The summed E-state index contributed by atoms with van der Waals surface area (Å²) in [5, 5.41) is 10.2. The lowest BCUT2D eigenvalue weighted by atomic mass is 10.0. The maximum absolute atomic E-state index is 13.7. The topological polar surface area (TPSA) is 121 Å². The molecule has 4 aromatic rings. The minimum absolute atomic E-state index is 0.0249. The second-order valence-electron chi connectivity index (χ2n) is 8.18. The Morgan fingerprint density at radius 2 is 1.89 bits per heavy atom. The standard InChI is InChI=1S/C22H19ClF5N7O2S/c1-4-34-6-11(8(2)32-34)10-5-12(22(26,27)28)30-21-14(10)16(18(38-21)20(29)37)31-13(36)7-35-9(3)15(23)17(33-35)19(24)25/h5-6,19H,4,7H2,1-3H3,(H2,29,37)(H,31,36). The van der Waals surface area contributed by atoms with E-state index in [9.17, 15) is 31.5 Å². The Kier molecular flexibility index (Phi) is 7.18. The Hall–Kier alpha value is -3.59. The summed E-state index contributed by atoms with van der Waals surface area (Å²) in [6.07, 6.45) is -6.24. The third-order valence-electron chi connectivity index (χ3n) is 5.66. The summed E-state index contributed by atoms with van der Waals surface area (Å²) in [6.45, 7) is 4.64. The van der Waals surface area contributed by atoms with Crippen LogP contribution in [-0.4, -0.2) is 36.4 Å². The number of hydrogen-bond acceptors (Lipinski definition) is 6. The van der Waals surface area contributed by atoms with Crippen LogP contribution in [-0.2, 0) is 24.1 Å². The average molecular weight is 576 g/mol. The van der Waals surface area contributed by atoms with E-state index in [1.807, 2.05) is 0 Å². The van der Waals surface area contributed by atoms with Crippen molar-refractivity contribution in [2.24, 2.45) is 5.73 Å². The maximum atomic E-state index is 13.7. The van der Waals surface area contributed by atoms with E-state index in [-0.39, 0.29) is 37.1 Å². The van der Waals surface area contributed by atoms with Crippen molar-refractivity contribution in [1.29, 1.82) is 0 Å². The molecule has 4 aromatic heterocycles. The van der Waals surface area contributed by atoms with Crippen molar-refractivity contribution >= 4 is 50.7 Å². The number of carbonyl (C=O) groups is 2. The number of primary amides is 1. The van der Waals surface area contributed by atoms with Gasteiger partial charge in [-0.15, -0.1) is 11.3 Å². The number of fused-ring (bicyclic) bond motifs is 1. The van der Waals surface area contributed by atoms with Gasteiger partial charge in [0.2, 0.25) is 5.91 Å². The van der Waals surface area contributed by atoms with Gasteiger partial charge in [0, 0.05) is 23.7 Å². The molecule has 0 bridgehead atoms. The van der Waals surface area contributed by atoms with E-state index < -0.39 is 42.3 Å². The first-order valence-corrected chi connectivity index (χ1v) is 12.1. The Morgan fingerprint density at radius 1 is 1.21 bits per heavy atom. The van der Waals surface area contributed by atoms with Crippen LogP contribution in [0.5, 0.6) is 0 Å². The average Bonchev–Trinajstić information content (AvgIpc) is 3.47. The molecule has 0 aliphatic heterocycles. The monoisotopic (exact) mass is 575 g/mol. The highest BCUT2D eigenvalue weighted by atomic mass is 35.5. The molecule has 0 saturated carbocycles. The van der Waals surface area contributed by atoms with Gasteiger partial charge in [-0.1, -0.05) is 11.6 Å². The number of nitrogens with zero attached hydrogens (tertiary/aromatic N) is 5. The Balaban J connectivity index is 1.88. The summed E-state index contributed by atoms with van der Waals surface area (Å²) >= 11 is 6.47. The minimum Gasteiger partial charge on any atom is -0.365 e. The number of nitrogens with two attached hydrogens (primary N) is 1. The molecule has 202 valence electrons. The van der Waals surface area contributed by atoms with Crippen LogP contribution < -0.4 is 11.1 Å². The number of amides is 2. The number of carbonyl (C=O) groups excluding carboxylic acids is 2. The van der Waals surface area contributed by atoms with Crippen LogP contribution in [0.3, 0.4) is 0 Å². The number of aromatic nitrogens is 5. The number of alkyl halides is 5. The van der Waals surface area contributed by atoms with Gasteiger partial charge in [-0.05, 0) is 32.4 Å². The number of pyridine rings is 1. The van der Waals surface area contributed by atoms with Crippen LogP contribution >= 0.6 is 22.9 Å². The SMILES string of the molecule is CCn1cc(-c2cc(C(F)(F)F)nc3sc(C(N)=O)c(NC(=O)Cn4nc(C(F)F)c(Cl)c4C)c23)c(C)n1. The van der Waals surface area contributed by atoms with E-state index in [4.69, 9.17) is 17.3 Å². The predicted octanol–water partition coefficient (Wildman–Crippen LogP) is 5.34. The molecule has 0 aromatic carbocycles. The van der Waals surface area contributed by atoms with Crippen molar-refractivity contribution in [2.75, 3.05) is 5.32 Å². The molecular weight excluding hydrogens is 557 g/mol. The molecule has 3 N–H and O–H groups in total. The van der Waals surface area contributed by atoms with Gasteiger partial charge >= 0.3 is 6.18 Å². The van der Waals surface area contributed by atoms with Gasteiger partial charge in [-0.25, -0.2) is 13.8 Å². The Labute approximate surface area is 220 Å². The number of halogens is 6. The van der Waals surface area contributed by atoms with Crippen LogP contribution in [0, 0.1) is 13.8 Å². The largest absolute Gasteiger partial charge is 0.433 e. The van der Waals surface area contributed by atoms with Crippen LogP contribution in [0.1, 0.15) is 45.8 Å². The minimum atomic E-state index is -4.81. The van der Waals surface area contributed by atoms with Crippen LogP contribution in [0.4, 0.5) is 27.6 Å². The second-order valence-corrected chi connectivity index (χ2v) is 9.56. The smallest absolute Gasteiger partial charge is 0.365 e. The zero-order valence-electron chi connectivity index (χ0n) is 20.0. The van der Waals surface area contributed by atoms with Gasteiger partial charge in [0.05, 0.1) is 22.1 Å². The van der Waals surface area contributed by atoms with Crippen LogP contribution in [0.2, 0.25) is 5.02 Å². The molecule has 4 rings (SSSR count). The fourth-order valence-corrected chi connectivity index (χ4v) is 5.07. The highest BCUT2D eigenvalue weighted by Crippen LogP contribution is 2.44. The summed E-state index contributed by atoms with van der Waals surface area (Å²) in [7, 11) is 0. The zero-order valence-corrected chi connectivity index (χ0v) is 21.5. The van der Waals surface area contributed by atoms with Crippen LogP contribution in [0.15, 0.2) is 12.3 Å². The number of rotatable bonds is 7. The first-order chi connectivity index (χ1) is 17.7. The summed E-state index contributed by atoms with van der Waals surface area (Å²) in [5.41, 5.74) is 4.27. The second kappa shape index (κ2) is 9.94. The van der Waals surface area contributed by atoms with E-state index in [2.05, 4.69) is 20.5 Å². The van der Waals surface area contributed by atoms with Gasteiger partial charge in [0.1, 0.15) is 27.6 Å². The zero-order chi connectivity index (χ0) is 28.1. The van der Waals surface area contributed by atoms with E-state index in [1.54, 1.807) is 20.0 Å². The molecule has 0 unspecified atom stereocenters. The fourth-order valence-electron chi connectivity index (χ4n) is 3.85. The number of aryl methyl sites for hydroxylation is 2. The molecule has 16 heteroatoms. The highest BCUT2D eigenvalue weighted by molar-refractivity contribution is 7.21. The summed E-state index contributed by atoms with van der Waals surface area (Å²) < 4.78 is 69.9. The molecule has 0 saturated heterocycles. The Morgan fingerprint density at radius 3 is 2.42 bits per heavy atom. The van der Waals surface area contributed by atoms with E-state index in [0.29, 0.717) is 29.1 Å². The predicted molar refractivity (Wildman–Crippen MR) is 130 cm³/mol. The fraction of sp³-hybridized carbons (Fsp3) is 0.318. The van der Waals surface area contributed by atoms with Gasteiger partial charge in [-0.3, -0.25) is 19.0 Å². The van der Waals surface area contributed by atoms with Crippen molar-refractivity contribution in [2.45, 2.75) is 46.5 Å². The normalized spacial score (nSPS) is 12.1. The molecule has 0 atom stereocenters. The lowest BCUT2D eigenvalue weighted by Crippen LogP contribution is -2.22. The lowest BCUT2D eigenvalue weighted by molar-refractivity contribution is -0.140. The lowest BCUT2D eigenvalue weighted by Gasteiger charge is -2.12. The third kappa shape index (κ3) is 4.95. The van der Waals surface area contributed by atoms with Gasteiger partial charge in [0.25, 0.3) is 12.3 Å². The first kappa shape index (κ1) is 27.4. The Bertz CT molecular complexity index is 1570. The molecule has 38 heavy (non-hydrogen) atoms. The van der Waals surface area contributed by atoms with Gasteiger partial charge in [-0.2, -0.15) is 23.4 Å². The molecular formula is C22H19ClF5N7O2S. The molecule has 0 spiro atoms. The first-order valence-electron chi connectivity index (χ1n) is 10.9. The number of anilines is 1. The van der Waals surface area contributed by atoms with E-state index >= 15 is 0 Å². The van der Waals surface area contributed by atoms with Crippen molar-refractivity contribution in [3.05, 3.63) is 44.9 Å². The van der Waals surface area contributed by atoms with Crippen LogP contribution in [0.25, 0.3) is 21.3 Å². The third-order valence-corrected chi connectivity index (χ3v) is 7.22. The molecule has 0 aliphatic carbocycles. The molecule has 0 radical (unpaired) electrons. The summed E-state index contributed by atoms with van der Waals surface area (Å²) in [6, 6.07) is 0.811. The van der Waals surface area contributed by atoms with Gasteiger partial charge < -0.3 is 11.1 Å². The number of hydrogen-bond donors (Lipinski definition) is 2. The summed E-state index contributed by atoms with van der Waals surface area (Å²) in [5.74, 6) is -1.83. The quantitative estimate of drug-likeness (QED) is 0.288. The molecule has 9 nitrogen and oxygen atoms in total.